The predicted octanol–water partition coefficient (Wildman–Crippen LogP) is 3.44. The van der Waals surface area contributed by atoms with E-state index >= 15 is 0 Å². The Morgan fingerprint density at radius 1 is 1.10 bits per heavy atom. The van der Waals surface area contributed by atoms with Crippen molar-refractivity contribution in [1.82, 2.24) is 5.32 Å². The van der Waals surface area contributed by atoms with Crippen LogP contribution in [0.2, 0.25) is 0 Å². The molecule has 0 radical (unpaired) electrons. The van der Waals surface area contributed by atoms with Gasteiger partial charge < -0.3 is 10.1 Å². The van der Waals surface area contributed by atoms with E-state index in [0.29, 0.717) is 30.1 Å². The van der Waals surface area contributed by atoms with E-state index in [2.05, 4.69) is 63.5 Å². The zero-order valence-electron chi connectivity index (χ0n) is 13.0. The van der Waals surface area contributed by atoms with Gasteiger partial charge in [0.2, 0.25) is 0 Å². The first kappa shape index (κ1) is 14.1. The third kappa shape index (κ3) is 2.40. The lowest BCUT2D eigenvalue weighted by molar-refractivity contribution is 0.0468. The van der Waals surface area contributed by atoms with Crippen LogP contribution in [0.25, 0.3) is 0 Å². The van der Waals surface area contributed by atoms with Gasteiger partial charge in [-0.05, 0) is 50.6 Å². The molecule has 0 spiro atoms. The van der Waals surface area contributed by atoms with Gasteiger partial charge in [0, 0.05) is 12.0 Å². The van der Waals surface area contributed by atoms with Crippen molar-refractivity contribution >= 4 is 0 Å². The summed E-state index contributed by atoms with van der Waals surface area (Å²) in [5, 5.41) is 3.61. The topological polar surface area (TPSA) is 21.3 Å². The van der Waals surface area contributed by atoms with Crippen LogP contribution >= 0.6 is 0 Å². The number of ether oxygens (including phenoxy) is 1. The Hall–Kier alpha value is -0.860. The summed E-state index contributed by atoms with van der Waals surface area (Å²) < 4.78 is 6.05. The quantitative estimate of drug-likeness (QED) is 0.907. The minimum atomic E-state index is 0.370. The van der Waals surface area contributed by atoms with Gasteiger partial charge in [0.15, 0.2) is 0 Å². The minimum Gasteiger partial charge on any atom is -0.375 e. The van der Waals surface area contributed by atoms with E-state index in [-0.39, 0.29) is 0 Å². The first-order valence-electron chi connectivity index (χ1n) is 8.01. The van der Waals surface area contributed by atoms with E-state index in [1.54, 1.807) is 0 Å². The maximum atomic E-state index is 6.05. The molecule has 1 aromatic carbocycles. The summed E-state index contributed by atoms with van der Waals surface area (Å²) in [6.45, 7) is 6.81. The van der Waals surface area contributed by atoms with Crippen LogP contribution in [0.5, 0.6) is 0 Å². The molecular formula is C18H27NO. The van der Waals surface area contributed by atoms with Crippen LogP contribution in [-0.2, 0) is 4.74 Å². The smallest absolute Gasteiger partial charge is 0.0597 e. The fourth-order valence-corrected chi connectivity index (χ4v) is 4.30. The van der Waals surface area contributed by atoms with E-state index in [9.17, 15) is 0 Å². The first-order valence-corrected chi connectivity index (χ1v) is 8.01. The summed E-state index contributed by atoms with van der Waals surface area (Å²) in [6, 6.07) is 11.6. The summed E-state index contributed by atoms with van der Waals surface area (Å²) in [7, 11) is 2.12. The molecule has 0 aromatic heterocycles. The van der Waals surface area contributed by atoms with Crippen molar-refractivity contribution in [2.24, 2.45) is 17.8 Å². The van der Waals surface area contributed by atoms with Crippen molar-refractivity contribution in [3.05, 3.63) is 35.9 Å². The summed E-state index contributed by atoms with van der Waals surface area (Å²) in [5.74, 6) is 2.78. The maximum absolute atomic E-state index is 6.05. The van der Waals surface area contributed by atoms with Crippen LogP contribution in [0.4, 0.5) is 0 Å². The zero-order valence-corrected chi connectivity index (χ0v) is 13.0. The molecule has 1 heterocycles. The van der Waals surface area contributed by atoms with E-state index in [1.807, 2.05) is 0 Å². The molecule has 2 aliphatic rings. The van der Waals surface area contributed by atoms with Crippen LogP contribution in [0.3, 0.4) is 0 Å². The van der Waals surface area contributed by atoms with Crippen molar-refractivity contribution < 1.29 is 4.74 Å². The highest BCUT2D eigenvalue weighted by Gasteiger charge is 2.51. The molecule has 7 atom stereocenters. The molecule has 2 heteroatoms. The normalized spacial score (nSPS) is 41.6. The summed E-state index contributed by atoms with van der Waals surface area (Å²) >= 11 is 0. The Kier molecular flexibility index (Phi) is 3.87. The Morgan fingerprint density at radius 2 is 1.80 bits per heavy atom. The lowest BCUT2D eigenvalue weighted by atomic mass is 9.80. The summed E-state index contributed by atoms with van der Waals surface area (Å²) in [6.07, 6.45) is 2.08. The number of rotatable bonds is 4. The number of nitrogens with one attached hydrogen (secondary N) is 1. The lowest BCUT2D eigenvalue weighted by Crippen LogP contribution is -2.42. The molecule has 1 N–H and O–H groups in total. The highest BCUT2D eigenvalue weighted by molar-refractivity contribution is 5.27. The molecule has 1 saturated carbocycles. The fourth-order valence-electron chi connectivity index (χ4n) is 4.30. The molecular weight excluding hydrogens is 246 g/mol. The Bertz CT molecular complexity index is 446. The summed E-state index contributed by atoms with van der Waals surface area (Å²) in [4.78, 5) is 0. The second-order valence-electron chi connectivity index (χ2n) is 6.71. The molecule has 110 valence electrons. The van der Waals surface area contributed by atoms with Gasteiger partial charge in [0.25, 0.3) is 0 Å². The predicted molar refractivity (Wildman–Crippen MR) is 82.8 cm³/mol. The molecule has 20 heavy (non-hydrogen) atoms. The molecule has 1 aliphatic carbocycles. The van der Waals surface area contributed by atoms with Crippen molar-refractivity contribution in [3.8, 4) is 0 Å². The lowest BCUT2D eigenvalue weighted by Gasteiger charge is -2.29. The van der Waals surface area contributed by atoms with E-state index in [1.165, 1.54) is 12.0 Å². The maximum Gasteiger partial charge on any atom is 0.0597 e. The highest BCUT2D eigenvalue weighted by atomic mass is 16.5. The average molecular weight is 273 g/mol. The molecule has 0 bridgehead atoms. The van der Waals surface area contributed by atoms with Crippen LogP contribution in [0.15, 0.2) is 30.3 Å². The van der Waals surface area contributed by atoms with Crippen molar-refractivity contribution in [3.63, 3.8) is 0 Å². The minimum absolute atomic E-state index is 0.370. The van der Waals surface area contributed by atoms with Gasteiger partial charge in [-0.2, -0.15) is 0 Å². The SMILES string of the molecule is CNC(C1CC1c1ccccc1)C1C(C)OC(C)C1C. The molecule has 1 aromatic rings. The Labute approximate surface area is 122 Å². The standard InChI is InChI=1S/C18H27NO/c1-11-12(2)20-13(3)17(11)18(19-4)16-10-15(16)14-8-6-5-7-9-14/h5-9,11-13,15-19H,10H2,1-4H3. The third-order valence-electron chi connectivity index (χ3n) is 5.60. The van der Waals surface area contributed by atoms with Gasteiger partial charge in [-0.3, -0.25) is 0 Å². The van der Waals surface area contributed by atoms with Crippen LogP contribution < -0.4 is 5.32 Å². The van der Waals surface area contributed by atoms with E-state index in [4.69, 9.17) is 4.74 Å². The molecule has 7 unspecified atom stereocenters. The van der Waals surface area contributed by atoms with Crippen molar-refractivity contribution in [1.29, 1.82) is 0 Å². The number of hydrogen-bond acceptors (Lipinski definition) is 2. The second kappa shape index (κ2) is 5.50. The van der Waals surface area contributed by atoms with E-state index < -0.39 is 0 Å². The molecule has 2 nitrogen and oxygen atoms in total. The van der Waals surface area contributed by atoms with Crippen molar-refractivity contribution in [2.75, 3.05) is 7.05 Å². The molecule has 3 rings (SSSR count). The third-order valence-corrected chi connectivity index (χ3v) is 5.60. The number of benzene rings is 1. The van der Waals surface area contributed by atoms with Gasteiger partial charge >= 0.3 is 0 Å². The summed E-state index contributed by atoms with van der Waals surface area (Å²) in [5.41, 5.74) is 1.50. The van der Waals surface area contributed by atoms with Gasteiger partial charge in [-0.1, -0.05) is 37.3 Å². The average Bonchev–Trinajstić information content (AvgIpc) is 3.20. The van der Waals surface area contributed by atoms with Crippen LogP contribution in [0.1, 0.15) is 38.7 Å². The van der Waals surface area contributed by atoms with Gasteiger partial charge in [0.05, 0.1) is 12.2 Å². The zero-order chi connectivity index (χ0) is 14.3. The Balaban J connectivity index is 1.73. The molecule has 1 aliphatic heterocycles. The van der Waals surface area contributed by atoms with Gasteiger partial charge in [-0.15, -0.1) is 0 Å². The van der Waals surface area contributed by atoms with Crippen molar-refractivity contribution in [2.45, 2.75) is 51.4 Å². The van der Waals surface area contributed by atoms with E-state index in [0.717, 1.165) is 11.8 Å². The van der Waals surface area contributed by atoms with Crippen LogP contribution in [0, 0.1) is 17.8 Å². The molecule has 0 amide bonds. The molecule has 1 saturated heterocycles. The highest BCUT2D eigenvalue weighted by Crippen LogP contribution is 2.53. The largest absolute Gasteiger partial charge is 0.375 e. The molecule has 2 fully saturated rings. The monoisotopic (exact) mass is 273 g/mol. The Morgan fingerprint density at radius 3 is 2.35 bits per heavy atom. The van der Waals surface area contributed by atoms with Gasteiger partial charge in [0.1, 0.15) is 0 Å². The fraction of sp³-hybridized carbons (Fsp3) is 0.667. The van der Waals surface area contributed by atoms with Crippen LogP contribution in [-0.4, -0.2) is 25.3 Å². The first-order chi connectivity index (χ1) is 9.63. The number of hydrogen-bond donors (Lipinski definition) is 1. The second-order valence-corrected chi connectivity index (χ2v) is 6.71. The van der Waals surface area contributed by atoms with Gasteiger partial charge in [-0.25, -0.2) is 0 Å².